The highest BCUT2D eigenvalue weighted by molar-refractivity contribution is 9.09. The second-order valence-corrected chi connectivity index (χ2v) is 8.25. The minimum atomic E-state index is -3.53. The number of alkyl halides is 1. The smallest absolute Gasteiger partial charge is 0.243 e. The van der Waals surface area contributed by atoms with Crippen LogP contribution in [0.1, 0.15) is 23.2 Å². The molecule has 1 aromatic rings. The van der Waals surface area contributed by atoms with Crippen molar-refractivity contribution in [3.63, 3.8) is 0 Å². The SMILES string of the molecule is O=C(CBr)c1ccc(S(=O)(=O)N2CCC3(CC2)NCCO3)cc1. The quantitative estimate of drug-likeness (QED) is 0.607. The standard InChI is InChI=1S/C15H19BrN2O4S/c16-11-14(19)12-1-3-13(4-2-12)23(20,21)18-8-5-15(6-9-18)17-7-10-22-15/h1-4,17H,5-11H2. The molecule has 126 valence electrons. The molecule has 0 amide bonds. The van der Waals surface area contributed by atoms with Crippen molar-refractivity contribution >= 4 is 31.7 Å². The topological polar surface area (TPSA) is 75.7 Å². The molecule has 0 saturated carbocycles. The first-order valence-corrected chi connectivity index (χ1v) is 10.1. The summed E-state index contributed by atoms with van der Waals surface area (Å²) in [4.78, 5) is 11.8. The van der Waals surface area contributed by atoms with E-state index in [9.17, 15) is 13.2 Å². The fourth-order valence-electron chi connectivity index (χ4n) is 3.02. The van der Waals surface area contributed by atoms with Gasteiger partial charge in [0.25, 0.3) is 0 Å². The lowest BCUT2D eigenvalue weighted by molar-refractivity contribution is -0.0445. The van der Waals surface area contributed by atoms with Gasteiger partial charge in [0, 0.05) is 38.0 Å². The summed E-state index contributed by atoms with van der Waals surface area (Å²) in [6.07, 6.45) is 1.29. The summed E-state index contributed by atoms with van der Waals surface area (Å²) in [5.74, 6) is -0.0710. The van der Waals surface area contributed by atoms with Gasteiger partial charge in [0.1, 0.15) is 5.72 Å². The van der Waals surface area contributed by atoms with Crippen LogP contribution in [-0.4, -0.2) is 55.8 Å². The highest BCUT2D eigenvalue weighted by Gasteiger charge is 2.41. The molecule has 0 bridgehead atoms. The van der Waals surface area contributed by atoms with Crippen molar-refractivity contribution < 1.29 is 17.9 Å². The van der Waals surface area contributed by atoms with Crippen LogP contribution in [0.4, 0.5) is 0 Å². The van der Waals surface area contributed by atoms with Gasteiger partial charge in [0.05, 0.1) is 16.8 Å². The van der Waals surface area contributed by atoms with Crippen molar-refractivity contribution in [3.8, 4) is 0 Å². The molecule has 2 saturated heterocycles. The number of sulfonamides is 1. The third kappa shape index (κ3) is 3.36. The largest absolute Gasteiger partial charge is 0.359 e. The Hall–Kier alpha value is -0.800. The Balaban J connectivity index is 1.73. The number of nitrogens with one attached hydrogen (secondary N) is 1. The van der Waals surface area contributed by atoms with Crippen LogP contribution in [0.25, 0.3) is 0 Å². The van der Waals surface area contributed by atoms with Crippen molar-refractivity contribution in [2.45, 2.75) is 23.5 Å². The zero-order valence-electron chi connectivity index (χ0n) is 12.6. The average molecular weight is 403 g/mol. The van der Waals surface area contributed by atoms with Gasteiger partial charge in [-0.3, -0.25) is 10.1 Å². The average Bonchev–Trinajstić information content (AvgIpc) is 3.02. The summed E-state index contributed by atoms with van der Waals surface area (Å²) in [5.41, 5.74) is 0.153. The van der Waals surface area contributed by atoms with Crippen molar-refractivity contribution in [2.24, 2.45) is 0 Å². The number of carbonyl (C=O) groups is 1. The number of hydrogen-bond acceptors (Lipinski definition) is 5. The molecule has 6 nitrogen and oxygen atoms in total. The molecule has 1 N–H and O–H groups in total. The van der Waals surface area contributed by atoms with Gasteiger partial charge < -0.3 is 4.74 Å². The molecule has 0 atom stereocenters. The monoisotopic (exact) mass is 402 g/mol. The van der Waals surface area contributed by atoms with Crippen molar-refractivity contribution in [2.75, 3.05) is 31.6 Å². The van der Waals surface area contributed by atoms with E-state index in [1.54, 1.807) is 12.1 Å². The molecule has 0 aliphatic carbocycles. The van der Waals surface area contributed by atoms with Gasteiger partial charge in [-0.15, -0.1) is 0 Å². The molecule has 8 heteroatoms. The Bertz CT molecular complexity index is 674. The van der Waals surface area contributed by atoms with Gasteiger partial charge in [-0.25, -0.2) is 8.42 Å². The summed E-state index contributed by atoms with van der Waals surface area (Å²) < 4.78 is 32.6. The number of ketones is 1. The van der Waals surface area contributed by atoms with Crippen LogP contribution in [0.3, 0.4) is 0 Å². The summed E-state index contributed by atoms with van der Waals surface area (Å²) >= 11 is 3.11. The number of carbonyl (C=O) groups excluding carboxylic acids is 1. The highest BCUT2D eigenvalue weighted by atomic mass is 79.9. The predicted molar refractivity (Wildman–Crippen MR) is 89.2 cm³/mol. The number of halogens is 1. The maximum atomic E-state index is 12.7. The molecule has 3 rings (SSSR count). The Morgan fingerprint density at radius 2 is 1.91 bits per heavy atom. The fraction of sp³-hybridized carbons (Fsp3) is 0.533. The highest BCUT2D eigenvalue weighted by Crippen LogP contribution is 2.29. The molecule has 2 aliphatic heterocycles. The van der Waals surface area contributed by atoms with Crippen LogP contribution in [0, 0.1) is 0 Å². The summed E-state index contributed by atoms with van der Waals surface area (Å²) in [7, 11) is -3.53. The molecule has 1 aromatic carbocycles. The van der Waals surface area contributed by atoms with E-state index in [4.69, 9.17) is 4.74 Å². The van der Waals surface area contributed by atoms with E-state index in [1.807, 2.05) is 0 Å². The normalized spacial score (nSPS) is 21.6. The number of Topliss-reactive ketones (excluding diaryl/α,β-unsaturated/α-hetero) is 1. The molecule has 0 radical (unpaired) electrons. The minimum Gasteiger partial charge on any atom is -0.359 e. The fourth-order valence-corrected chi connectivity index (χ4v) is 4.79. The van der Waals surface area contributed by atoms with Gasteiger partial charge in [0.15, 0.2) is 5.78 Å². The number of nitrogens with zero attached hydrogens (tertiary/aromatic N) is 1. The Kier molecular flexibility index (Phi) is 4.89. The first-order chi connectivity index (χ1) is 11.0. The summed E-state index contributed by atoms with van der Waals surface area (Å²) in [6.45, 7) is 2.35. The molecular formula is C15H19BrN2O4S. The van der Waals surface area contributed by atoms with Gasteiger partial charge in [0.2, 0.25) is 10.0 Å². The first-order valence-electron chi connectivity index (χ1n) is 7.55. The van der Waals surface area contributed by atoms with Gasteiger partial charge >= 0.3 is 0 Å². The van der Waals surface area contributed by atoms with E-state index in [0.717, 1.165) is 6.54 Å². The van der Waals surface area contributed by atoms with Crippen molar-refractivity contribution in [1.82, 2.24) is 9.62 Å². The molecule has 0 aromatic heterocycles. The lowest BCUT2D eigenvalue weighted by atomic mass is 10.0. The van der Waals surface area contributed by atoms with Crippen LogP contribution in [0.2, 0.25) is 0 Å². The summed E-state index contributed by atoms with van der Waals surface area (Å²) in [6, 6.07) is 6.12. The maximum Gasteiger partial charge on any atom is 0.243 e. The van der Waals surface area contributed by atoms with Crippen molar-refractivity contribution in [3.05, 3.63) is 29.8 Å². The van der Waals surface area contributed by atoms with E-state index in [1.165, 1.54) is 16.4 Å². The van der Waals surface area contributed by atoms with Gasteiger partial charge in [-0.2, -0.15) is 4.31 Å². The molecule has 2 heterocycles. The van der Waals surface area contributed by atoms with Crippen LogP contribution < -0.4 is 5.32 Å². The zero-order chi connectivity index (χ0) is 16.5. The second kappa shape index (κ2) is 6.60. The maximum absolute atomic E-state index is 12.7. The Morgan fingerprint density at radius 3 is 2.43 bits per heavy atom. The van der Waals surface area contributed by atoms with E-state index in [2.05, 4.69) is 21.2 Å². The molecular weight excluding hydrogens is 384 g/mol. The van der Waals surface area contributed by atoms with Gasteiger partial charge in [-0.05, 0) is 12.1 Å². The van der Waals surface area contributed by atoms with Crippen LogP contribution in [0.15, 0.2) is 29.2 Å². The third-order valence-electron chi connectivity index (χ3n) is 4.39. The van der Waals surface area contributed by atoms with E-state index in [-0.39, 0.29) is 21.7 Å². The number of hydrogen-bond donors (Lipinski definition) is 1. The molecule has 23 heavy (non-hydrogen) atoms. The number of ether oxygens (including phenoxy) is 1. The Labute approximate surface area is 144 Å². The molecule has 0 unspecified atom stereocenters. The van der Waals surface area contributed by atoms with Crippen LogP contribution in [-0.2, 0) is 14.8 Å². The molecule has 1 spiro atoms. The Morgan fingerprint density at radius 1 is 1.26 bits per heavy atom. The number of piperidine rings is 1. The lowest BCUT2D eigenvalue weighted by Crippen LogP contribution is -2.52. The predicted octanol–water partition coefficient (Wildman–Crippen LogP) is 1.36. The van der Waals surface area contributed by atoms with Crippen molar-refractivity contribution in [1.29, 1.82) is 0 Å². The van der Waals surface area contributed by atoms with E-state index >= 15 is 0 Å². The number of benzene rings is 1. The first kappa shape index (κ1) is 17.0. The van der Waals surface area contributed by atoms with Crippen LogP contribution in [0.5, 0.6) is 0 Å². The molecule has 2 fully saturated rings. The van der Waals surface area contributed by atoms with E-state index in [0.29, 0.717) is 38.1 Å². The minimum absolute atomic E-state index is 0.0710. The third-order valence-corrected chi connectivity index (χ3v) is 6.82. The zero-order valence-corrected chi connectivity index (χ0v) is 15.0. The van der Waals surface area contributed by atoms with Crippen LogP contribution >= 0.6 is 15.9 Å². The summed E-state index contributed by atoms with van der Waals surface area (Å²) in [5, 5.41) is 3.55. The molecule has 2 aliphatic rings. The second-order valence-electron chi connectivity index (χ2n) is 5.75. The number of rotatable bonds is 4. The van der Waals surface area contributed by atoms with E-state index < -0.39 is 10.0 Å². The lowest BCUT2D eigenvalue weighted by Gasteiger charge is -2.37. The van der Waals surface area contributed by atoms with Gasteiger partial charge in [-0.1, -0.05) is 28.1 Å².